The highest BCUT2D eigenvalue weighted by molar-refractivity contribution is 5.48. The molecule has 2 fully saturated rings. The molecule has 0 aromatic carbocycles. The molecule has 0 atom stereocenters. The zero-order chi connectivity index (χ0) is 13.1. The Morgan fingerprint density at radius 1 is 1.11 bits per heavy atom. The minimum Gasteiger partial charge on any atom is -0.328 e. The fraction of sp³-hybridized carbons (Fsp3) is 0.688. The molecule has 0 saturated heterocycles. The van der Waals surface area contributed by atoms with Gasteiger partial charge in [0, 0.05) is 12.2 Å². The second kappa shape index (κ2) is 5.91. The molecule has 0 bridgehead atoms. The lowest BCUT2D eigenvalue weighted by Gasteiger charge is -2.22. The van der Waals surface area contributed by atoms with Crippen LogP contribution in [0.3, 0.4) is 0 Å². The van der Waals surface area contributed by atoms with Gasteiger partial charge in [-0.3, -0.25) is 4.68 Å². The summed E-state index contributed by atoms with van der Waals surface area (Å²) in [5.74, 6) is 0. The molecule has 1 aromatic rings. The topological polar surface area (TPSA) is 43.8 Å². The molecule has 3 nitrogen and oxygen atoms in total. The molecule has 0 aliphatic heterocycles. The van der Waals surface area contributed by atoms with E-state index in [-0.39, 0.29) is 0 Å². The molecule has 2 N–H and O–H groups in total. The zero-order valence-electron chi connectivity index (χ0n) is 11.7. The second-order valence-electron chi connectivity index (χ2n) is 6.15. The number of hydrogen-bond donors (Lipinski definition) is 1. The van der Waals surface area contributed by atoms with E-state index in [4.69, 9.17) is 10.8 Å². The van der Waals surface area contributed by atoms with E-state index < -0.39 is 0 Å². The third-order valence-electron chi connectivity index (χ3n) is 4.60. The summed E-state index contributed by atoms with van der Waals surface area (Å²) in [5.41, 5.74) is 8.60. The van der Waals surface area contributed by atoms with E-state index in [0.717, 1.165) is 31.4 Å². The predicted molar refractivity (Wildman–Crippen MR) is 78.8 cm³/mol. The lowest BCUT2D eigenvalue weighted by molar-refractivity contribution is 0.329. The first-order valence-corrected chi connectivity index (χ1v) is 7.81. The van der Waals surface area contributed by atoms with Crippen molar-refractivity contribution in [3.8, 4) is 0 Å². The lowest BCUT2D eigenvalue weighted by Crippen LogP contribution is -2.23. The Bertz CT molecular complexity index is 431. The molecule has 2 aliphatic carbocycles. The summed E-state index contributed by atoms with van der Waals surface area (Å²) in [7, 11) is 0. The molecule has 1 heterocycles. The summed E-state index contributed by atoms with van der Waals surface area (Å²) in [6, 6.07) is 3.22. The van der Waals surface area contributed by atoms with Crippen LogP contribution in [0.15, 0.2) is 17.8 Å². The Labute approximate surface area is 115 Å². The Morgan fingerprint density at radius 2 is 1.84 bits per heavy atom. The van der Waals surface area contributed by atoms with E-state index >= 15 is 0 Å². The second-order valence-corrected chi connectivity index (χ2v) is 6.15. The van der Waals surface area contributed by atoms with Gasteiger partial charge in [-0.2, -0.15) is 5.10 Å². The van der Waals surface area contributed by atoms with Crippen LogP contribution in [0.2, 0.25) is 0 Å². The van der Waals surface area contributed by atoms with Crippen molar-refractivity contribution in [1.82, 2.24) is 9.78 Å². The summed E-state index contributed by atoms with van der Waals surface area (Å²) < 4.78 is 2.19. The van der Waals surface area contributed by atoms with Crippen molar-refractivity contribution in [2.45, 2.75) is 69.9 Å². The van der Waals surface area contributed by atoms with Crippen LogP contribution in [0.5, 0.6) is 0 Å². The standard InChI is InChI=1S/C16H25N3/c17-14-8-6-13(7-9-14)12-15-10-11-19(18-15)16-4-2-1-3-5-16/h10-12,14,16H,1-9,17H2. The smallest absolute Gasteiger partial charge is 0.0850 e. The Balaban J connectivity index is 1.65. The van der Waals surface area contributed by atoms with Crippen molar-refractivity contribution in [3.05, 3.63) is 23.5 Å². The number of aromatic nitrogens is 2. The van der Waals surface area contributed by atoms with Crippen molar-refractivity contribution in [2.24, 2.45) is 5.73 Å². The van der Waals surface area contributed by atoms with Gasteiger partial charge in [-0.15, -0.1) is 0 Å². The van der Waals surface area contributed by atoms with Gasteiger partial charge in [0.15, 0.2) is 0 Å². The van der Waals surface area contributed by atoms with Crippen molar-refractivity contribution in [1.29, 1.82) is 0 Å². The van der Waals surface area contributed by atoms with Gasteiger partial charge in [-0.25, -0.2) is 0 Å². The molecule has 104 valence electrons. The molecule has 19 heavy (non-hydrogen) atoms. The van der Waals surface area contributed by atoms with Crippen molar-refractivity contribution < 1.29 is 0 Å². The molecule has 0 spiro atoms. The molecule has 2 aliphatic rings. The fourth-order valence-electron chi connectivity index (χ4n) is 3.34. The maximum absolute atomic E-state index is 5.94. The van der Waals surface area contributed by atoms with Gasteiger partial charge in [-0.1, -0.05) is 24.8 Å². The van der Waals surface area contributed by atoms with E-state index in [0.29, 0.717) is 12.1 Å². The highest BCUT2D eigenvalue weighted by atomic mass is 15.3. The normalized spacial score (nSPS) is 25.5. The average molecular weight is 259 g/mol. The van der Waals surface area contributed by atoms with Crippen LogP contribution in [0.4, 0.5) is 0 Å². The summed E-state index contributed by atoms with van der Waals surface area (Å²) in [5, 5.41) is 4.76. The average Bonchev–Trinajstić information content (AvgIpc) is 2.91. The molecule has 0 radical (unpaired) electrons. The van der Waals surface area contributed by atoms with Crippen LogP contribution in [0.1, 0.15) is 69.5 Å². The van der Waals surface area contributed by atoms with Crippen LogP contribution in [-0.2, 0) is 0 Å². The predicted octanol–water partition coefficient (Wildman–Crippen LogP) is 3.67. The molecular formula is C16H25N3. The van der Waals surface area contributed by atoms with Gasteiger partial charge in [-0.05, 0) is 50.7 Å². The SMILES string of the molecule is NC1CCC(=Cc2ccn(C3CCCCC3)n2)CC1. The van der Waals surface area contributed by atoms with Gasteiger partial charge >= 0.3 is 0 Å². The Hall–Kier alpha value is -1.09. The van der Waals surface area contributed by atoms with Gasteiger partial charge < -0.3 is 5.73 Å². The third-order valence-corrected chi connectivity index (χ3v) is 4.60. The molecule has 3 rings (SSSR count). The first-order chi connectivity index (χ1) is 9.31. The largest absolute Gasteiger partial charge is 0.328 e. The van der Waals surface area contributed by atoms with Crippen molar-refractivity contribution in [2.75, 3.05) is 0 Å². The van der Waals surface area contributed by atoms with Gasteiger partial charge in [0.1, 0.15) is 0 Å². The number of hydrogen-bond acceptors (Lipinski definition) is 2. The Morgan fingerprint density at radius 3 is 2.58 bits per heavy atom. The Kier molecular flexibility index (Phi) is 4.02. The van der Waals surface area contributed by atoms with Gasteiger partial charge in [0.25, 0.3) is 0 Å². The molecule has 1 aromatic heterocycles. The molecule has 0 amide bonds. The van der Waals surface area contributed by atoms with Crippen LogP contribution in [0, 0.1) is 0 Å². The maximum Gasteiger partial charge on any atom is 0.0850 e. The van der Waals surface area contributed by atoms with E-state index in [2.05, 4.69) is 23.0 Å². The van der Waals surface area contributed by atoms with Crippen LogP contribution in [0.25, 0.3) is 6.08 Å². The van der Waals surface area contributed by atoms with Crippen LogP contribution < -0.4 is 5.73 Å². The van der Waals surface area contributed by atoms with E-state index in [9.17, 15) is 0 Å². The number of nitrogens with two attached hydrogens (primary N) is 1. The molecule has 3 heteroatoms. The van der Waals surface area contributed by atoms with Crippen LogP contribution in [-0.4, -0.2) is 15.8 Å². The summed E-state index contributed by atoms with van der Waals surface area (Å²) in [4.78, 5) is 0. The number of allylic oxidation sites excluding steroid dienone is 1. The molecule has 0 unspecified atom stereocenters. The van der Waals surface area contributed by atoms with Crippen molar-refractivity contribution >= 4 is 6.08 Å². The summed E-state index contributed by atoms with van der Waals surface area (Å²) in [6.45, 7) is 0. The zero-order valence-corrected chi connectivity index (χ0v) is 11.7. The van der Waals surface area contributed by atoms with Gasteiger partial charge in [0.05, 0.1) is 11.7 Å². The third kappa shape index (κ3) is 3.27. The minimum absolute atomic E-state index is 0.414. The van der Waals surface area contributed by atoms with Crippen LogP contribution >= 0.6 is 0 Å². The number of nitrogens with zero attached hydrogens (tertiary/aromatic N) is 2. The van der Waals surface area contributed by atoms with E-state index in [1.54, 1.807) is 0 Å². The maximum atomic E-state index is 5.94. The highest BCUT2D eigenvalue weighted by Gasteiger charge is 2.16. The summed E-state index contributed by atoms with van der Waals surface area (Å²) in [6.07, 6.45) is 15.7. The first kappa shape index (κ1) is 12.9. The number of rotatable bonds is 2. The quantitative estimate of drug-likeness (QED) is 0.880. The van der Waals surface area contributed by atoms with Gasteiger partial charge in [0.2, 0.25) is 0 Å². The minimum atomic E-state index is 0.414. The van der Waals surface area contributed by atoms with E-state index in [1.165, 1.54) is 37.7 Å². The highest BCUT2D eigenvalue weighted by Crippen LogP contribution is 2.28. The van der Waals surface area contributed by atoms with E-state index in [1.807, 2.05) is 0 Å². The van der Waals surface area contributed by atoms with Crippen molar-refractivity contribution in [3.63, 3.8) is 0 Å². The molecule has 2 saturated carbocycles. The lowest BCUT2D eigenvalue weighted by atomic mass is 9.91. The molecular weight excluding hydrogens is 234 g/mol. The monoisotopic (exact) mass is 259 g/mol. The summed E-state index contributed by atoms with van der Waals surface area (Å²) >= 11 is 0. The fourth-order valence-corrected chi connectivity index (χ4v) is 3.34. The first-order valence-electron chi connectivity index (χ1n) is 7.81.